The van der Waals surface area contributed by atoms with E-state index in [4.69, 9.17) is 4.74 Å². The van der Waals surface area contributed by atoms with Crippen molar-refractivity contribution in [1.29, 1.82) is 0 Å². The van der Waals surface area contributed by atoms with Gasteiger partial charge in [-0.1, -0.05) is 6.92 Å². The number of methoxy groups -OCH3 is 1. The number of rotatable bonds is 6. The summed E-state index contributed by atoms with van der Waals surface area (Å²) in [5.41, 5.74) is 1.15. The number of hydrogen-bond acceptors (Lipinski definition) is 3. The van der Waals surface area contributed by atoms with Gasteiger partial charge in [-0.2, -0.15) is 5.10 Å². The summed E-state index contributed by atoms with van der Waals surface area (Å²) in [5, 5.41) is 7.74. The van der Waals surface area contributed by atoms with E-state index in [1.54, 1.807) is 7.11 Å². The molecule has 0 saturated carbocycles. The number of nitrogens with one attached hydrogen (secondary N) is 1. The monoisotopic (exact) mass is 303 g/mol. The van der Waals surface area contributed by atoms with E-state index in [0.29, 0.717) is 6.04 Å². The molecule has 1 rings (SSSR count). The lowest BCUT2D eigenvalue weighted by Gasteiger charge is -2.27. The standard InChI is InChI=1S/C12H22BrN3O/c1-6-10(17-5)11(14-4)12-9(13)7-15-16(12)8(2)3/h7-8,10-11,14H,6H2,1-5H3. The van der Waals surface area contributed by atoms with Crippen molar-refractivity contribution in [3.63, 3.8) is 0 Å². The van der Waals surface area contributed by atoms with Crippen molar-refractivity contribution in [3.05, 3.63) is 16.4 Å². The highest BCUT2D eigenvalue weighted by Crippen LogP contribution is 2.29. The molecule has 0 aromatic carbocycles. The Morgan fingerprint density at radius 3 is 2.59 bits per heavy atom. The van der Waals surface area contributed by atoms with Gasteiger partial charge in [0.2, 0.25) is 0 Å². The largest absolute Gasteiger partial charge is 0.379 e. The van der Waals surface area contributed by atoms with Crippen LogP contribution in [-0.4, -0.2) is 30.0 Å². The first-order valence-corrected chi connectivity index (χ1v) is 6.79. The second-order valence-corrected chi connectivity index (χ2v) is 5.22. The topological polar surface area (TPSA) is 39.1 Å². The van der Waals surface area contributed by atoms with Crippen LogP contribution < -0.4 is 5.32 Å². The number of aromatic nitrogens is 2. The van der Waals surface area contributed by atoms with E-state index in [1.165, 1.54) is 0 Å². The Morgan fingerprint density at radius 2 is 2.18 bits per heavy atom. The number of halogens is 1. The number of nitrogens with zero attached hydrogens (tertiary/aromatic N) is 2. The SMILES string of the molecule is CCC(OC)C(NC)c1c(Br)cnn1C(C)C. The van der Waals surface area contributed by atoms with Gasteiger partial charge in [0.25, 0.3) is 0 Å². The first-order chi connectivity index (χ1) is 8.06. The fraction of sp³-hybridized carbons (Fsp3) is 0.750. The highest BCUT2D eigenvalue weighted by atomic mass is 79.9. The predicted molar refractivity (Wildman–Crippen MR) is 73.2 cm³/mol. The van der Waals surface area contributed by atoms with Crippen LogP contribution in [0.1, 0.15) is 45.0 Å². The molecule has 0 aliphatic carbocycles. The molecule has 0 aliphatic heterocycles. The molecule has 1 aromatic heterocycles. The van der Waals surface area contributed by atoms with Gasteiger partial charge >= 0.3 is 0 Å². The van der Waals surface area contributed by atoms with E-state index in [0.717, 1.165) is 16.6 Å². The zero-order valence-corrected chi connectivity index (χ0v) is 12.8. The van der Waals surface area contributed by atoms with Crippen molar-refractivity contribution in [2.24, 2.45) is 0 Å². The van der Waals surface area contributed by atoms with Gasteiger partial charge in [-0.05, 0) is 43.2 Å². The van der Waals surface area contributed by atoms with E-state index in [9.17, 15) is 0 Å². The summed E-state index contributed by atoms with van der Waals surface area (Å²) in [7, 11) is 3.71. The van der Waals surface area contributed by atoms with Crippen LogP contribution >= 0.6 is 15.9 Å². The molecule has 98 valence electrons. The molecular formula is C12H22BrN3O. The van der Waals surface area contributed by atoms with Crippen LogP contribution in [0.2, 0.25) is 0 Å². The number of ether oxygens (including phenoxy) is 1. The minimum Gasteiger partial charge on any atom is -0.379 e. The summed E-state index contributed by atoms with van der Waals surface area (Å²) >= 11 is 3.57. The minimum absolute atomic E-state index is 0.143. The smallest absolute Gasteiger partial charge is 0.0778 e. The molecule has 4 nitrogen and oxygen atoms in total. The van der Waals surface area contributed by atoms with E-state index < -0.39 is 0 Å². The maximum atomic E-state index is 5.54. The molecule has 0 amide bonds. The average molecular weight is 304 g/mol. The van der Waals surface area contributed by atoms with Gasteiger partial charge < -0.3 is 10.1 Å². The molecule has 0 radical (unpaired) electrons. The second-order valence-electron chi connectivity index (χ2n) is 4.36. The van der Waals surface area contributed by atoms with Crippen molar-refractivity contribution in [1.82, 2.24) is 15.1 Å². The Bertz CT molecular complexity index is 348. The summed E-state index contributed by atoms with van der Waals surface area (Å²) < 4.78 is 8.60. The normalized spacial score (nSPS) is 15.2. The quantitative estimate of drug-likeness (QED) is 0.878. The fourth-order valence-corrected chi connectivity index (χ4v) is 2.61. The van der Waals surface area contributed by atoms with Crippen molar-refractivity contribution in [2.45, 2.75) is 45.4 Å². The van der Waals surface area contributed by atoms with E-state index in [1.807, 2.05) is 17.9 Å². The molecule has 1 N–H and O–H groups in total. The van der Waals surface area contributed by atoms with Gasteiger partial charge in [-0.15, -0.1) is 0 Å². The second kappa shape index (κ2) is 6.52. The number of likely N-dealkylation sites (N-methyl/N-ethyl adjacent to an activating group) is 1. The van der Waals surface area contributed by atoms with Crippen LogP contribution in [0.4, 0.5) is 0 Å². The predicted octanol–water partition coefficient (Wildman–Crippen LogP) is 2.91. The van der Waals surface area contributed by atoms with Crippen molar-refractivity contribution in [3.8, 4) is 0 Å². The molecule has 0 spiro atoms. The minimum atomic E-state index is 0.143. The molecular weight excluding hydrogens is 282 g/mol. The molecule has 0 fully saturated rings. The van der Waals surface area contributed by atoms with Gasteiger partial charge in [-0.3, -0.25) is 4.68 Å². The Hall–Kier alpha value is -0.390. The fourth-order valence-electron chi connectivity index (χ4n) is 2.09. The molecule has 2 unspecified atom stereocenters. The Morgan fingerprint density at radius 1 is 1.53 bits per heavy atom. The molecule has 5 heteroatoms. The summed E-state index contributed by atoms with van der Waals surface area (Å²) in [5.74, 6) is 0. The Kier molecular flexibility index (Phi) is 5.62. The Labute approximate surface area is 112 Å². The molecule has 0 saturated heterocycles. The molecule has 0 bridgehead atoms. The van der Waals surface area contributed by atoms with Crippen LogP contribution in [0.3, 0.4) is 0 Å². The van der Waals surface area contributed by atoms with Crippen LogP contribution in [-0.2, 0) is 4.74 Å². The zero-order chi connectivity index (χ0) is 13.0. The molecule has 0 aliphatic rings. The van der Waals surface area contributed by atoms with Crippen LogP contribution in [0.15, 0.2) is 10.7 Å². The van der Waals surface area contributed by atoms with Crippen LogP contribution in [0.5, 0.6) is 0 Å². The lowest BCUT2D eigenvalue weighted by molar-refractivity contribution is 0.0641. The van der Waals surface area contributed by atoms with Crippen LogP contribution in [0, 0.1) is 0 Å². The maximum absolute atomic E-state index is 5.54. The van der Waals surface area contributed by atoms with Crippen molar-refractivity contribution in [2.75, 3.05) is 14.2 Å². The lowest BCUT2D eigenvalue weighted by atomic mass is 10.0. The molecule has 1 heterocycles. The highest BCUT2D eigenvalue weighted by Gasteiger charge is 2.26. The first kappa shape index (κ1) is 14.7. The molecule has 1 aromatic rings. The van der Waals surface area contributed by atoms with E-state index in [2.05, 4.69) is 47.1 Å². The first-order valence-electron chi connectivity index (χ1n) is 5.99. The zero-order valence-electron chi connectivity index (χ0n) is 11.2. The van der Waals surface area contributed by atoms with Crippen molar-refractivity contribution < 1.29 is 4.74 Å². The average Bonchev–Trinajstić information content (AvgIpc) is 2.68. The Balaban J connectivity index is 3.14. The van der Waals surface area contributed by atoms with Crippen LogP contribution in [0.25, 0.3) is 0 Å². The van der Waals surface area contributed by atoms with Gasteiger partial charge in [0.15, 0.2) is 0 Å². The van der Waals surface area contributed by atoms with Gasteiger partial charge in [0.1, 0.15) is 0 Å². The van der Waals surface area contributed by atoms with Crippen molar-refractivity contribution >= 4 is 15.9 Å². The number of hydrogen-bond donors (Lipinski definition) is 1. The summed E-state index contributed by atoms with van der Waals surface area (Å²) in [4.78, 5) is 0. The maximum Gasteiger partial charge on any atom is 0.0778 e. The summed E-state index contributed by atoms with van der Waals surface area (Å²) in [6.45, 7) is 6.38. The summed E-state index contributed by atoms with van der Waals surface area (Å²) in [6, 6.07) is 0.478. The van der Waals surface area contributed by atoms with E-state index in [-0.39, 0.29) is 12.1 Å². The van der Waals surface area contributed by atoms with Gasteiger partial charge in [-0.25, -0.2) is 0 Å². The lowest BCUT2D eigenvalue weighted by Crippen LogP contribution is -2.33. The third kappa shape index (κ3) is 3.09. The molecule has 2 atom stereocenters. The van der Waals surface area contributed by atoms with E-state index >= 15 is 0 Å². The van der Waals surface area contributed by atoms with Gasteiger partial charge in [0, 0.05) is 13.2 Å². The highest BCUT2D eigenvalue weighted by molar-refractivity contribution is 9.10. The summed E-state index contributed by atoms with van der Waals surface area (Å²) in [6.07, 6.45) is 2.95. The third-order valence-electron chi connectivity index (χ3n) is 2.96. The van der Waals surface area contributed by atoms with Gasteiger partial charge in [0.05, 0.1) is 28.5 Å². The third-order valence-corrected chi connectivity index (χ3v) is 3.57. The molecule has 17 heavy (non-hydrogen) atoms.